The zero-order chi connectivity index (χ0) is 22.7. The first-order chi connectivity index (χ1) is 15.5. The van der Waals surface area contributed by atoms with Crippen LogP contribution in [0.1, 0.15) is 34.6 Å². The van der Waals surface area contributed by atoms with Crippen molar-refractivity contribution >= 4 is 12.1 Å². The van der Waals surface area contributed by atoms with E-state index < -0.39 is 11.6 Å². The van der Waals surface area contributed by atoms with E-state index in [0.29, 0.717) is 18.6 Å². The van der Waals surface area contributed by atoms with Gasteiger partial charge in [0.05, 0.1) is 19.6 Å². The van der Waals surface area contributed by atoms with Crippen molar-refractivity contribution in [3.05, 3.63) is 88.7 Å². The Kier molecular flexibility index (Phi) is 6.04. The van der Waals surface area contributed by atoms with Gasteiger partial charge in [-0.05, 0) is 66.3 Å². The first-order valence-corrected chi connectivity index (χ1v) is 10.5. The molecule has 32 heavy (non-hydrogen) atoms. The average molecular weight is 434 g/mol. The molecule has 0 radical (unpaired) electrons. The first kappa shape index (κ1) is 21.7. The third-order valence-electron chi connectivity index (χ3n) is 6.20. The highest BCUT2D eigenvalue weighted by Gasteiger charge is 2.49. The van der Waals surface area contributed by atoms with Gasteiger partial charge in [0.15, 0.2) is 0 Å². The molecule has 4 rings (SSSR count). The molecular weight excluding hydrogens is 408 g/mol. The Balaban J connectivity index is 1.61. The standard InChI is InChI=1S/C26H26O6/c1-17-13-21(29-2)14-19-9-11-26(24(27)30-3)12-10-20(15-22(26)23(17)19)32-25(28)31-16-18-7-5-4-6-8-18/h4-8,10,12-15,22H,9,11,16H2,1-3H3/t22-,26+/m1/s1. The van der Waals surface area contributed by atoms with Gasteiger partial charge in [0.25, 0.3) is 0 Å². The molecule has 2 aromatic rings. The summed E-state index contributed by atoms with van der Waals surface area (Å²) in [7, 11) is 3.04. The maximum atomic E-state index is 12.9. The molecule has 6 nitrogen and oxygen atoms in total. The van der Waals surface area contributed by atoms with Gasteiger partial charge in [-0.1, -0.05) is 36.4 Å². The summed E-state index contributed by atoms with van der Waals surface area (Å²) in [6.07, 6.45) is 5.78. The minimum absolute atomic E-state index is 0.119. The molecule has 0 fully saturated rings. The molecule has 0 saturated carbocycles. The molecule has 0 aromatic heterocycles. The van der Waals surface area contributed by atoms with Crippen molar-refractivity contribution in [3.63, 3.8) is 0 Å². The summed E-state index contributed by atoms with van der Waals surface area (Å²) in [6.45, 7) is 2.11. The number of fused-ring (bicyclic) bond motifs is 3. The van der Waals surface area contributed by atoms with E-state index in [2.05, 4.69) is 0 Å². The Labute approximate surface area is 187 Å². The average Bonchev–Trinajstić information content (AvgIpc) is 2.82. The maximum absolute atomic E-state index is 12.9. The van der Waals surface area contributed by atoms with Gasteiger partial charge in [-0.2, -0.15) is 0 Å². The molecule has 0 N–H and O–H groups in total. The van der Waals surface area contributed by atoms with Gasteiger partial charge >= 0.3 is 12.1 Å². The van der Waals surface area contributed by atoms with E-state index in [9.17, 15) is 9.59 Å². The van der Waals surface area contributed by atoms with Gasteiger partial charge in [-0.15, -0.1) is 0 Å². The molecule has 0 bridgehead atoms. The molecule has 0 amide bonds. The molecule has 166 valence electrons. The third kappa shape index (κ3) is 4.00. The third-order valence-corrected chi connectivity index (χ3v) is 6.20. The maximum Gasteiger partial charge on any atom is 0.514 e. The van der Waals surface area contributed by atoms with Crippen molar-refractivity contribution in [1.82, 2.24) is 0 Å². The van der Waals surface area contributed by atoms with Crippen molar-refractivity contribution in [2.75, 3.05) is 14.2 Å². The normalized spacial score (nSPS) is 21.0. The molecule has 0 heterocycles. The molecule has 0 aliphatic heterocycles. The Morgan fingerprint density at radius 2 is 1.91 bits per heavy atom. The van der Waals surface area contributed by atoms with Crippen LogP contribution in [0.15, 0.2) is 66.5 Å². The summed E-state index contributed by atoms with van der Waals surface area (Å²) in [4.78, 5) is 25.2. The highest BCUT2D eigenvalue weighted by atomic mass is 16.7. The van der Waals surface area contributed by atoms with Crippen LogP contribution in [0.4, 0.5) is 4.79 Å². The van der Waals surface area contributed by atoms with Crippen molar-refractivity contribution in [3.8, 4) is 5.75 Å². The second-order valence-electron chi connectivity index (χ2n) is 8.06. The fourth-order valence-electron chi connectivity index (χ4n) is 4.63. The van der Waals surface area contributed by atoms with Gasteiger partial charge < -0.3 is 18.9 Å². The number of hydrogen-bond acceptors (Lipinski definition) is 6. The van der Waals surface area contributed by atoms with Crippen LogP contribution in [0.5, 0.6) is 5.75 Å². The first-order valence-electron chi connectivity index (χ1n) is 10.5. The van der Waals surface area contributed by atoms with Crippen molar-refractivity contribution in [1.29, 1.82) is 0 Å². The van der Waals surface area contributed by atoms with E-state index in [0.717, 1.165) is 28.0 Å². The van der Waals surface area contributed by atoms with Gasteiger partial charge in [0, 0.05) is 5.92 Å². The fourth-order valence-corrected chi connectivity index (χ4v) is 4.63. The lowest BCUT2D eigenvalue weighted by atomic mass is 9.61. The van der Waals surface area contributed by atoms with E-state index in [1.165, 1.54) is 7.11 Å². The number of ether oxygens (including phenoxy) is 4. The van der Waals surface area contributed by atoms with Crippen LogP contribution in [0.25, 0.3) is 0 Å². The van der Waals surface area contributed by atoms with E-state index in [-0.39, 0.29) is 18.5 Å². The van der Waals surface area contributed by atoms with E-state index >= 15 is 0 Å². The van der Waals surface area contributed by atoms with Crippen LogP contribution in [-0.4, -0.2) is 26.3 Å². The Morgan fingerprint density at radius 3 is 2.62 bits per heavy atom. The van der Waals surface area contributed by atoms with Crippen LogP contribution >= 0.6 is 0 Å². The Morgan fingerprint density at radius 1 is 1.12 bits per heavy atom. The van der Waals surface area contributed by atoms with Crippen molar-refractivity contribution in [2.24, 2.45) is 5.41 Å². The van der Waals surface area contributed by atoms with Crippen LogP contribution < -0.4 is 4.74 Å². The van der Waals surface area contributed by atoms with Gasteiger partial charge in [-0.3, -0.25) is 4.79 Å². The lowest BCUT2D eigenvalue weighted by Crippen LogP contribution is -2.41. The lowest BCUT2D eigenvalue weighted by Gasteiger charge is -2.42. The summed E-state index contributed by atoms with van der Waals surface area (Å²) >= 11 is 0. The monoisotopic (exact) mass is 434 g/mol. The second-order valence-corrected chi connectivity index (χ2v) is 8.06. The summed E-state index contributed by atoms with van der Waals surface area (Å²) in [5, 5.41) is 0. The lowest BCUT2D eigenvalue weighted by molar-refractivity contribution is -0.151. The highest BCUT2D eigenvalue weighted by Crippen LogP contribution is 2.52. The second kappa shape index (κ2) is 8.91. The van der Waals surface area contributed by atoms with Crippen molar-refractivity contribution < 1.29 is 28.5 Å². The van der Waals surface area contributed by atoms with Crippen LogP contribution in [0.3, 0.4) is 0 Å². The topological polar surface area (TPSA) is 71.1 Å². The SMILES string of the molecule is COC(=O)[C@@]12C=CC(OC(=O)OCc3ccccc3)=C[C@@H]1c1c(C)cc(OC)cc1CC2. The summed E-state index contributed by atoms with van der Waals surface area (Å²) in [5.74, 6) is 0.492. The van der Waals surface area contributed by atoms with Gasteiger partial charge in [-0.25, -0.2) is 4.79 Å². The van der Waals surface area contributed by atoms with E-state index in [4.69, 9.17) is 18.9 Å². The number of allylic oxidation sites excluding steroid dienone is 2. The summed E-state index contributed by atoms with van der Waals surface area (Å²) < 4.78 is 21.3. The highest BCUT2D eigenvalue weighted by molar-refractivity contribution is 5.83. The largest absolute Gasteiger partial charge is 0.514 e. The summed E-state index contributed by atoms with van der Waals surface area (Å²) in [5.41, 5.74) is 3.18. The molecule has 0 spiro atoms. The Bertz CT molecular complexity index is 1080. The number of hydrogen-bond donors (Lipinski definition) is 0. The molecule has 0 saturated heterocycles. The van der Waals surface area contributed by atoms with E-state index in [1.807, 2.05) is 55.5 Å². The number of carbonyl (C=O) groups is 2. The van der Waals surface area contributed by atoms with E-state index in [1.54, 1.807) is 19.3 Å². The van der Waals surface area contributed by atoms with Gasteiger partial charge in [0.1, 0.15) is 18.1 Å². The number of esters is 1. The number of methoxy groups -OCH3 is 2. The molecule has 0 unspecified atom stereocenters. The number of carbonyl (C=O) groups excluding carboxylic acids is 2. The number of aryl methyl sites for hydroxylation is 2. The number of rotatable bonds is 5. The molecule has 2 aliphatic carbocycles. The Hall–Kier alpha value is -3.54. The smallest absolute Gasteiger partial charge is 0.497 e. The molecular formula is C26H26O6. The predicted molar refractivity (Wildman–Crippen MR) is 118 cm³/mol. The van der Waals surface area contributed by atoms with Gasteiger partial charge in [0.2, 0.25) is 0 Å². The van der Waals surface area contributed by atoms with Crippen LogP contribution in [-0.2, 0) is 32.0 Å². The number of benzene rings is 2. The molecule has 6 heteroatoms. The zero-order valence-corrected chi connectivity index (χ0v) is 18.4. The molecule has 2 atom stereocenters. The minimum Gasteiger partial charge on any atom is -0.497 e. The zero-order valence-electron chi connectivity index (χ0n) is 18.4. The summed E-state index contributed by atoms with van der Waals surface area (Å²) in [6, 6.07) is 13.3. The molecule has 2 aromatic carbocycles. The minimum atomic E-state index is -0.845. The quantitative estimate of drug-likeness (QED) is 0.617. The van der Waals surface area contributed by atoms with Crippen molar-refractivity contribution in [2.45, 2.75) is 32.3 Å². The van der Waals surface area contributed by atoms with Crippen LogP contribution in [0.2, 0.25) is 0 Å². The predicted octanol–water partition coefficient (Wildman–Crippen LogP) is 5.00. The van der Waals surface area contributed by atoms with Crippen LogP contribution in [0, 0.1) is 12.3 Å². The molecule has 2 aliphatic rings. The fraction of sp³-hybridized carbons (Fsp3) is 0.308.